The average Bonchev–Trinajstić information content (AvgIpc) is 2.73. The molecule has 1 saturated heterocycles. The van der Waals surface area contributed by atoms with Gasteiger partial charge in [0.05, 0.1) is 11.2 Å². The van der Waals surface area contributed by atoms with Gasteiger partial charge >= 0.3 is 7.12 Å². The van der Waals surface area contributed by atoms with Gasteiger partial charge in [0.2, 0.25) is 0 Å². The minimum absolute atomic E-state index is 0.138. The van der Waals surface area contributed by atoms with Crippen LogP contribution in [0.4, 0.5) is 11.5 Å². The standard InChI is InChI=1S/C17H22BN3O3/c1-16(2)17(3,4)24-18(23-16)12-10-13(15(22)21(5)11-12)20-14-8-6-7-9-19-14/h6-11H,1-5H3,(H,19,20). The highest BCUT2D eigenvalue weighted by atomic mass is 16.7. The van der Waals surface area contributed by atoms with E-state index in [1.54, 1.807) is 31.6 Å². The van der Waals surface area contributed by atoms with Crippen LogP contribution in [0.25, 0.3) is 0 Å². The molecule has 0 bridgehead atoms. The first kappa shape index (κ1) is 16.7. The van der Waals surface area contributed by atoms with Crippen molar-refractivity contribution in [1.29, 1.82) is 0 Å². The number of pyridine rings is 2. The van der Waals surface area contributed by atoms with E-state index < -0.39 is 18.3 Å². The largest absolute Gasteiger partial charge is 0.496 e. The van der Waals surface area contributed by atoms with Gasteiger partial charge in [0.15, 0.2) is 0 Å². The molecule has 2 aromatic heterocycles. The SMILES string of the molecule is Cn1cc(B2OC(C)(C)C(C)(C)O2)cc(Nc2ccccn2)c1=O. The van der Waals surface area contributed by atoms with Gasteiger partial charge in [0, 0.05) is 24.9 Å². The maximum atomic E-state index is 12.4. The molecule has 1 aliphatic rings. The Labute approximate surface area is 142 Å². The topological polar surface area (TPSA) is 65.4 Å². The van der Waals surface area contributed by atoms with Crippen molar-refractivity contribution in [2.75, 3.05) is 5.32 Å². The summed E-state index contributed by atoms with van der Waals surface area (Å²) in [6.45, 7) is 8.01. The Morgan fingerprint density at radius 1 is 1.17 bits per heavy atom. The van der Waals surface area contributed by atoms with Gasteiger partial charge < -0.3 is 19.2 Å². The lowest BCUT2D eigenvalue weighted by molar-refractivity contribution is 0.00578. The number of rotatable bonds is 3. The van der Waals surface area contributed by atoms with Gasteiger partial charge in [-0.1, -0.05) is 6.07 Å². The molecule has 1 aliphatic heterocycles. The Kier molecular flexibility index (Phi) is 4.01. The maximum absolute atomic E-state index is 12.4. The number of nitrogens with zero attached hydrogens (tertiary/aromatic N) is 2. The molecule has 0 aromatic carbocycles. The summed E-state index contributed by atoms with van der Waals surface area (Å²) in [4.78, 5) is 16.6. The monoisotopic (exact) mass is 327 g/mol. The van der Waals surface area contributed by atoms with Crippen molar-refractivity contribution in [2.45, 2.75) is 38.9 Å². The van der Waals surface area contributed by atoms with Crippen molar-refractivity contribution in [2.24, 2.45) is 7.05 Å². The molecule has 6 nitrogen and oxygen atoms in total. The molecule has 0 saturated carbocycles. The molecule has 1 N–H and O–H groups in total. The summed E-state index contributed by atoms with van der Waals surface area (Å²) in [5.74, 6) is 0.612. The van der Waals surface area contributed by atoms with E-state index >= 15 is 0 Å². The van der Waals surface area contributed by atoms with Crippen LogP contribution in [0.5, 0.6) is 0 Å². The highest BCUT2D eigenvalue weighted by Gasteiger charge is 2.51. The van der Waals surface area contributed by atoms with Crippen molar-refractivity contribution in [3.8, 4) is 0 Å². The van der Waals surface area contributed by atoms with Crippen LogP contribution in [0, 0.1) is 0 Å². The number of anilines is 2. The third kappa shape index (κ3) is 2.97. The van der Waals surface area contributed by atoms with Crippen molar-refractivity contribution in [3.63, 3.8) is 0 Å². The third-order valence-electron chi connectivity index (χ3n) is 4.66. The molecule has 126 valence electrons. The fourth-order valence-electron chi connectivity index (χ4n) is 2.51. The molecule has 24 heavy (non-hydrogen) atoms. The van der Waals surface area contributed by atoms with Crippen LogP contribution in [0.2, 0.25) is 0 Å². The van der Waals surface area contributed by atoms with E-state index in [1.165, 1.54) is 4.57 Å². The average molecular weight is 327 g/mol. The zero-order valence-electron chi connectivity index (χ0n) is 14.7. The fourth-order valence-corrected chi connectivity index (χ4v) is 2.51. The van der Waals surface area contributed by atoms with E-state index in [1.807, 2.05) is 39.8 Å². The zero-order valence-corrected chi connectivity index (χ0v) is 14.7. The number of aromatic nitrogens is 2. The third-order valence-corrected chi connectivity index (χ3v) is 4.66. The summed E-state index contributed by atoms with van der Waals surface area (Å²) in [6.07, 6.45) is 3.42. The van der Waals surface area contributed by atoms with Crippen LogP contribution in [0.1, 0.15) is 27.7 Å². The first-order valence-electron chi connectivity index (χ1n) is 7.94. The van der Waals surface area contributed by atoms with E-state index in [0.717, 1.165) is 5.46 Å². The predicted octanol–water partition coefficient (Wildman–Crippen LogP) is 1.82. The van der Waals surface area contributed by atoms with Crippen LogP contribution in [-0.4, -0.2) is 27.9 Å². The molecule has 0 unspecified atom stereocenters. The van der Waals surface area contributed by atoms with Gasteiger partial charge in [0.25, 0.3) is 5.56 Å². The molecule has 1 fully saturated rings. The first-order chi connectivity index (χ1) is 11.2. The van der Waals surface area contributed by atoms with Crippen LogP contribution in [-0.2, 0) is 16.4 Å². The van der Waals surface area contributed by atoms with Crippen LogP contribution < -0.4 is 16.3 Å². The van der Waals surface area contributed by atoms with E-state index in [9.17, 15) is 4.79 Å². The Bertz CT molecular complexity index is 786. The fraction of sp³-hybridized carbons (Fsp3) is 0.412. The first-order valence-corrected chi connectivity index (χ1v) is 7.94. The zero-order chi connectivity index (χ0) is 17.5. The second kappa shape index (κ2) is 5.75. The van der Waals surface area contributed by atoms with E-state index in [4.69, 9.17) is 9.31 Å². The Morgan fingerprint density at radius 3 is 2.42 bits per heavy atom. The van der Waals surface area contributed by atoms with Gasteiger partial charge in [-0.15, -0.1) is 0 Å². The van der Waals surface area contributed by atoms with Crippen molar-refractivity contribution in [3.05, 3.63) is 47.0 Å². The van der Waals surface area contributed by atoms with Gasteiger partial charge in [-0.25, -0.2) is 4.98 Å². The smallest absolute Gasteiger partial charge is 0.399 e. The molecule has 2 aromatic rings. The number of hydrogen-bond acceptors (Lipinski definition) is 5. The second-order valence-electron chi connectivity index (χ2n) is 7.03. The van der Waals surface area contributed by atoms with E-state index in [-0.39, 0.29) is 5.56 Å². The summed E-state index contributed by atoms with van der Waals surface area (Å²) < 4.78 is 13.7. The number of hydrogen-bond donors (Lipinski definition) is 1. The van der Waals surface area contributed by atoms with Gasteiger partial charge in [-0.2, -0.15) is 0 Å². The summed E-state index contributed by atoms with van der Waals surface area (Å²) >= 11 is 0. The minimum atomic E-state index is -0.522. The molecule has 0 atom stereocenters. The molecule has 3 rings (SSSR count). The molecule has 0 amide bonds. The van der Waals surface area contributed by atoms with Crippen molar-refractivity contribution < 1.29 is 9.31 Å². The predicted molar refractivity (Wildman–Crippen MR) is 94.9 cm³/mol. The second-order valence-corrected chi connectivity index (χ2v) is 7.03. The molecule has 0 radical (unpaired) electrons. The van der Waals surface area contributed by atoms with Crippen molar-refractivity contribution >= 4 is 24.1 Å². The molecule has 0 spiro atoms. The lowest BCUT2D eigenvalue weighted by Crippen LogP contribution is -2.41. The number of aryl methyl sites for hydroxylation is 1. The molecular weight excluding hydrogens is 305 g/mol. The Morgan fingerprint density at radius 2 is 1.83 bits per heavy atom. The Hall–Kier alpha value is -2.12. The highest BCUT2D eigenvalue weighted by molar-refractivity contribution is 6.62. The maximum Gasteiger partial charge on any atom is 0.496 e. The van der Waals surface area contributed by atoms with Gasteiger partial charge in [0.1, 0.15) is 11.5 Å². The van der Waals surface area contributed by atoms with E-state index in [2.05, 4.69) is 10.3 Å². The molecular formula is C17H22BN3O3. The van der Waals surface area contributed by atoms with Crippen molar-refractivity contribution in [1.82, 2.24) is 9.55 Å². The van der Waals surface area contributed by atoms with Gasteiger partial charge in [-0.05, 0) is 45.9 Å². The van der Waals surface area contributed by atoms with Crippen LogP contribution in [0.15, 0.2) is 41.5 Å². The quantitative estimate of drug-likeness (QED) is 0.871. The molecule has 0 aliphatic carbocycles. The summed E-state index contributed by atoms with van der Waals surface area (Å²) in [7, 11) is 1.19. The van der Waals surface area contributed by atoms with Gasteiger partial charge in [-0.3, -0.25) is 4.79 Å². The normalized spacial score (nSPS) is 18.6. The Balaban J connectivity index is 1.95. The van der Waals surface area contributed by atoms with Crippen LogP contribution in [0.3, 0.4) is 0 Å². The van der Waals surface area contributed by atoms with Crippen LogP contribution >= 0.6 is 0 Å². The highest BCUT2D eigenvalue weighted by Crippen LogP contribution is 2.36. The summed E-state index contributed by atoms with van der Waals surface area (Å²) in [5.41, 5.74) is 0.223. The minimum Gasteiger partial charge on any atom is -0.399 e. The molecule has 7 heteroatoms. The van der Waals surface area contributed by atoms with E-state index in [0.29, 0.717) is 11.5 Å². The summed E-state index contributed by atoms with van der Waals surface area (Å²) in [5, 5.41) is 3.06. The number of nitrogens with one attached hydrogen (secondary N) is 1. The lowest BCUT2D eigenvalue weighted by atomic mass is 9.80. The lowest BCUT2D eigenvalue weighted by Gasteiger charge is -2.32. The summed E-state index contributed by atoms with van der Waals surface area (Å²) in [6, 6.07) is 7.25. The molecule has 3 heterocycles.